The number of pyridine rings is 2. The monoisotopic (exact) mass is 308 g/mol. The molecule has 3 aromatic heterocycles. The van der Waals surface area contributed by atoms with Crippen LogP contribution >= 0.6 is 0 Å². The van der Waals surface area contributed by atoms with Crippen LogP contribution in [0.15, 0.2) is 30.7 Å². The van der Waals surface area contributed by atoms with E-state index in [0.29, 0.717) is 6.10 Å². The van der Waals surface area contributed by atoms with Crippen LogP contribution in [0, 0.1) is 5.92 Å². The topological polar surface area (TPSA) is 54.0 Å². The van der Waals surface area contributed by atoms with E-state index in [-0.39, 0.29) is 0 Å². The average molecular weight is 308 g/mol. The van der Waals surface area contributed by atoms with Crippen LogP contribution in [-0.2, 0) is 4.74 Å². The maximum atomic E-state index is 6.09. The van der Waals surface area contributed by atoms with Crippen molar-refractivity contribution in [1.29, 1.82) is 0 Å². The molecule has 2 aliphatic rings. The minimum absolute atomic E-state index is 0.366. The molecule has 1 N–H and O–H groups in total. The number of hydrogen-bond donors (Lipinski definition) is 1. The summed E-state index contributed by atoms with van der Waals surface area (Å²) in [6, 6.07) is 4.22. The third-order valence-electron chi connectivity index (χ3n) is 5.02. The molecule has 23 heavy (non-hydrogen) atoms. The van der Waals surface area contributed by atoms with E-state index in [0.717, 1.165) is 48.6 Å². The summed E-state index contributed by atoms with van der Waals surface area (Å²) in [6.07, 6.45) is 9.89. The summed E-state index contributed by atoms with van der Waals surface area (Å²) in [6.45, 7) is 2.97. The van der Waals surface area contributed by atoms with Crippen molar-refractivity contribution < 1.29 is 4.74 Å². The number of aromatic nitrogens is 3. The number of anilines is 1. The smallest absolute Gasteiger partial charge is 0.159 e. The molecule has 5 heteroatoms. The van der Waals surface area contributed by atoms with Gasteiger partial charge in [-0.15, -0.1) is 0 Å². The molecule has 0 radical (unpaired) electrons. The highest BCUT2D eigenvalue weighted by Crippen LogP contribution is 2.34. The number of nitrogens with one attached hydrogen (secondary N) is 1. The van der Waals surface area contributed by atoms with Gasteiger partial charge in [0.1, 0.15) is 0 Å². The first-order valence-corrected chi connectivity index (χ1v) is 8.46. The number of rotatable bonds is 4. The molecule has 0 bridgehead atoms. The van der Waals surface area contributed by atoms with Crippen LogP contribution in [0.5, 0.6) is 0 Å². The van der Waals surface area contributed by atoms with Gasteiger partial charge in [0, 0.05) is 48.5 Å². The molecule has 5 rings (SSSR count). The van der Waals surface area contributed by atoms with Crippen molar-refractivity contribution in [2.75, 3.05) is 24.6 Å². The largest absolute Gasteiger partial charge is 0.376 e. The highest BCUT2D eigenvalue weighted by molar-refractivity contribution is 6.10. The molecule has 118 valence electrons. The molecule has 0 spiro atoms. The lowest BCUT2D eigenvalue weighted by Crippen LogP contribution is -2.23. The molecule has 2 fully saturated rings. The van der Waals surface area contributed by atoms with Crippen molar-refractivity contribution in [2.24, 2.45) is 5.92 Å². The first-order chi connectivity index (χ1) is 11.4. The van der Waals surface area contributed by atoms with E-state index in [1.54, 1.807) is 0 Å². The Morgan fingerprint density at radius 3 is 3.09 bits per heavy atom. The van der Waals surface area contributed by atoms with E-state index < -0.39 is 0 Å². The molecule has 1 aliphatic heterocycles. The zero-order chi connectivity index (χ0) is 15.2. The van der Waals surface area contributed by atoms with Crippen molar-refractivity contribution in [3.63, 3.8) is 0 Å². The number of H-pyrrole nitrogens is 1. The first kappa shape index (κ1) is 13.3. The Morgan fingerprint density at radius 2 is 2.17 bits per heavy atom. The Kier molecular flexibility index (Phi) is 3.01. The van der Waals surface area contributed by atoms with Gasteiger partial charge < -0.3 is 14.6 Å². The van der Waals surface area contributed by atoms with Gasteiger partial charge in [-0.2, -0.15) is 0 Å². The molecule has 0 aromatic carbocycles. The Hall–Kier alpha value is -2.14. The van der Waals surface area contributed by atoms with Gasteiger partial charge in [-0.25, -0.2) is 9.97 Å². The van der Waals surface area contributed by atoms with Gasteiger partial charge in [0.25, 0.3) is 0 Å². The quantitative estimate of drug-likeness (QED) is 0.804. The van der Waals surface area contributed by atoms with Gasteiger partial charge >= 0.3 is 0 Å². The zero-order valence-corrected chi connectivity index (χ0v) is 13.0. The minimum Gasteiger partial charge on any atom is -0.376 e. The number of ether oxygens (including phenoxy) is 1. The fourth-order valence-electron chi connectivity index (χ4n) is 3.54. The normalized spacial score (nSPS) is 21.6. The van der Waals surface area contributed by atoms with E-state index in [1.807, 2.05) is 18.6 Å². The molecule has 0 amide bonds. The fraction of sp³-hybridized carbons (Fsp3) is 0.444. The van der Waals surface area contributed by atoms with Crippen LogP contribution in [0.3, 0.4) is 0 Å². The second-order valence-electron chi connectivity index (χ2n) is 6.73. The van der Waals surface area contributed by atoms with E-state index in [1.165, 1.54) is 23.9 Å². The highest BCUT2D eigenvalue weighted by Gasteiger charge is 2.28. The third-order valence-corrected chi connectivity index (χ3v) is 5.02. The molecule has 4 heterocycles. The lowest BCUT2D eigenvalue weighted by molar-refractivity contribution is 0.0605. The van der Waals surface area contributed by atoms with Gasteiger partial charge in [0.15, 0.2) is 5.65 Å². The van der Waals surface area contributed by atoms with E-state index >= 15 is 0 Å². The van der Waals surface area contributed by atoms with Crippen LogP contribution in [0.1, 0.15) is 19.3 Å². The predicted octanol–water partition coefficient (Wildman–Crippen LogP) is 3.12. The van der Waals surface area contributed by atoms with Gasteiger partial charge in [0.2, 0.25) is 0 Å². The van der Waals surface area contributed by atoms with Crippen LogP contribution in [0.25, 0.3) is 21.9 Å². The summed E-state index contributed by atoms with van der Waals surface area (Å²) in [4.78, 5) is 14.5. The van der Waals surface area contributed by atoms with E-state index in [4.69, 9.17) is 4.74 Å². The van der Waals surface area contributed by atoms with Crippen LogP contribution in [0.4, 0.5) is 5.69 Å². The van der Waals surface area contributed by atoms with E-state index in [9.17, 15) is 0 Å². The second-order valence-corrected chi connectivity index (χ2v) is 6.73. The summed E-state index contributed by atoms with van der Waals surface area (Å²) >= 11 is 0. The summed E-state index contributed by atoms with van der Waals surface area (Å²) in [7, 11) is 0. The standard InChI is InChI=1S/C18H20N4O/c1-2-12(1)11-23-13-5-8-22(10-13)16-4-7-19-15-9-21-18-14(17(15)16)3-6-20-18/h3-4,6-7,9,12-13,19H,1-2,5,8,10-11H2. The number of aromatic amines is 1. The number of nitrogens with zero attached hydrogens (tertiary/aromatic N) is 3. The molecule has 1 saturated carbocycles. The number of hydrogen-bond acceptors (Lipinski definition) is 4. The van der Waals surface area contributed by atoms with Crippen LogP contribution in [0.2, 0.25) is 0 Å². The second kappa shape index (κ2) is 5.20. The van der Waals surface area contributed by atoms with Crippen molar-refractivity contribution in [3.05, 3.63) is 30.7 Å². The Balaban J connectivity index is 1.48. The molecular weight excluding hydrogens is 288 g/mol. The Labute approximate surface area is 134 Å². The van der Waals surface area contributed by atoms with Crippen molar-refractivity contribution >= 4 is 27.6 Å². The summed E-state index contributed by atoms with van der Waals surface area (Å²) in [5, 5.41) is 2.34. The van der Waals surface area contributed by atoms with Gasteiger partial charge in [-0.1, -0.05) is 0 Å². The minimum atomic E-state index is 0.366. The summed E-state index contributed by atoms with van der Waals surface area (Å²) < 4.78 is 6.09. The Bertz CT molecular complexity index is 854. The molecule has 5 nitrogen and oxygen atoms in total. The van der Waals surface area contributed by atoms with Crippen LogP contribution in [-0.4, -0.2) is 40.8 Å². The van der Waals surface area contributed by atoms with Gasteiger partial charge in [0.05, 0.1) is 17.8 Å². The molecule has 1 unspecified atom stereocenters. The van der Waals surface area contributed by atoms with Crippen molar-refractivity contribution in [3.8, 4) is 0 Å². The van der Waals surface area contributed by atoms with Gasteiger partial charge in [-0.3, -0.25) is 0 Å². The molecule has 1 saturated heterocycles. The zero-order valence-electron chi connectivity index (χ0n) is 13.0. The van der Waals surface area contributed by atoms with Crippen molar-refractivity contribution in [1.82, 2.24) is 15.0 Å². The highest BCUT2D eigenvalue weighted by atomic mass is 16.5. The first-order valence-electron chi connectivity index (χ1n) is 8.46. The summed E-state index contributed by atoms with van der Waals surface area (Å²) in [5.41, 5.74) is 3.14. The maximum absolute atomic E-state index is 6.09. The predicted molar refractivity (Wildman–Crippen MR) is 90.7 cm³/mol. The lowest BCUT2D eigenvalue weighted by atomic mass is 10.1. The molecular formula is C18H20N4O. The molecule has 1 aliphatic carbocycles. The van der Waals surface area contributed by atoms with Crippen LogP contribution < -0.4 is 4.90 Å². The number of fused-ring (bicyclic) bond motifs is 3. The molecule has 3 aromatic rings. The fourth-order valence-corrected chi connectivity index (χ4v) is 3.54. The Morgan fingerprint density at radius 1 is 1.22 bits per heavy atom. The lowest BCUT2D eigenvalue weighted by Gasteiger charge is -2.21. The van der Waals surface area contributed by atoms with E-state index in [2.05, 4.69) is 32.0 Å². The maximum Gasteiger partial charge on any atom is 0.159 e. The summed E-state index contributed by atoms with van der Waals surface area (Å²) in [5.74, 6) is 0.831. The van der Waals surface area contributed by atoms with Gasteiger partial charge in [-0.05, 0) is 37.3 Å². The van der Waals surface area contributed by atoms with Crippen molar-refractivity contribution in [2.45, 2.75) is 25.4 Å². The SMILES string of the molecule is c1cc2c(n1)ncc1[nH]ccc(N3CCC(OCC4CC4)C3)c12. The molecule has 1 atom stereocenters. The third kappa shape index (κ3) is 2.36. The average Bonchev–Trinajstić information content (AvgIpc) is 3.10.